The third-order valence-electron chi connectivity index (χ3n) is 4.58. The van der Waals surface area contributed by atoms with Gasteiger partial charge in [0.25, 0.3) is 5.91 Å². The fourth-order valence-electron chi connectivity index (χ4n) is 3.17. The predicted molar refractivity (Wildman–Crippen MR) is 87.0 cm³/mol. The summed E-state index contributed by atoms with van der Waals surface area (Å²) in [6, 6.07) is 5.59. The second-order valence-electron chi connectivity index (χ2n) is 6.30. The summed E-state index contributed by atoms with van der Waals surface area (Å²) in [6.45, 7) is 0.254. The second-order valence-corrected chi connectivity index (χ2v) is 6.30. The fraction of sp³-hybridized carbons (Fsp3) is 0.471. The number of likely N-dealkylation sites (tertiary alicyclic amines) is 1. The molecule has 0 spiro atoms. The van der Waals surface area contributed by atoms with Crippen molar-refractivity contribution in [3.63, 3.8) is 0 Å². The molecule has 1 aromatic rings. The number of halogens is 1. The highest BCUT2D eigenvalue weighted by molar-refractivity contribution is 6.39. The van der Waals surface area contributed by atoms with Gasteiger partial charge >= 0.3 is 0 Å². The van der Waals surface area contributed by atoms with Crippen LogP contribution >= 0.6 is 0 Å². The van der Waals surface area contributed by atoms with Gasteiger partial charge in [-0.2, -0.15) is 5.10 Å². The average molecular weight is 349 g/mol. The molecule has 134 valence electrons. The summed E-state index contributed by atoms with van der Waals surface area (Å²) in [6.07, 6.45) is 0.753. The quantitative estimate of drug-likeness (QED) is 0.813. The molecule has 3 rings (SSSR count). The molecule has 8 heteroatoms. The summed E-state index contributed by atoms with van der Waals surface area (Å²) >= 11 is 0. The maximum Gasteiger partial charge on any atom is 0.270 e. The lowest BCUT2D eigenvalue weighted by Gasteiger charge is -2.26. The van der Waals surface area contributed by atoms with Crippen LogP contribution in [0.15, 0.2) is 29.4 Å². The molecule has 2 aliphatic rings. The number of hydrogen-bond acceptors (Lipinski definition) is 5. The first kappa shape index (κ1) is 17.5. The highest BCUT2D eigenvalue weighted by atomic mass is 19.1. The van der Waals surface area contributed by atoms with E-state index in [0.717, 1.165) is 5.01 Å². The number of rotatable bonds is 4. The van der Waals surface area contributed by atoms with Crippen LogP contribution in [-0.2, 0) is 15.2 Å². The van der Waals surface area contributed by atoms with Crippen molar-refractivity contribution in [2.75, 3.05) is 26.2 Å². The Morgan fingerprint density at radius 1 is 1.28 bits per heavy atom. The number of hydrogen-bond donors (Lipinski definition) is 2. The van der Waals surface area contributed by atoms with Crippen LogP contribution in [0.1, 0.15) is 24.8 Å². The molecule has 0 aromatic heterocycles. The Hall–Kier alpha value is -2.32. The molecule has 2 amide bonds. The van der Waals surface area contributed by atoms with Crippen LogP contribution in [0.25, 0.3) is 0 Å². The molecular formula is C17H20FN3O4. The lowest BCUT2D eigenvalue weighted by Crippen LogP contribution is -2.42. The molecule has 2 N–H and O–H groups in total. The fourth-order valence-corrected chi connectivity index (χ4v) is 3.17. The third-order valence-corrected chi connectivity index (χ3v) is 4.58. The van der Waals surface area contributed by atoms with Crippen molar-refractivity contribution in [2.45, 2.75) is 24.9 Å². The van der Waals surface area contributed by atoms with Crippen molar-refractivity contribution in [3.05, 3.63) is 35.6 Å². The van der Waals surface area contributed by atoms with Crippen LogP contribution in [0.4, 0.5) is 4.39 Å². The number of carbonyl (C=O) groups excluding carboxylic acids is 2. The van der Waals surface area contributed by atoms with Gasteiger partial charge in [0.05, 0.1) is 19.7 Å². The van der Waals surface area contributed by atoms with E-state index in [0.29, 0.717) is 18.5 Å². The first-order valence-corrected chi connectivity index (χ1v) is 8.19. The maximum atomic E-state index is 13.1. The summed E-state index contributed by atoms with van der Waals surface area (Å²) in [5, 5.41) is 24.9. The summed E-state index contributed by atoms with van der Waals surface area (Å²) in [7, 11) is 0. The van der Waals surface area contributed by atoms with E-state index in [-0.39, 0.29) is 55.9 Å². The van der Waals surface area contributed by atoms with Crippen molar-refractivity contribution in [1.82, 2.24) is 9.91 Å². The van der Waals surface area contributed by atoms with Crippen molar-refractivity contribution >= 4 is 17.5 Å². The van der Waals surface area contributed by atoms with E-state index in [1.807, 2.05) is 0 Å². The molecule has 0 bridgehead atoms. The normalized spacial score (nSPS) is 23.8. The number of aliphatic hydroxyl groups excluding tert-OH is 1. The van der Waals surface area contributed by atoms with Gasteiger partial charge < -0.3 is 15.1 Å². The number of hydrazone groups is 1. The maximum absolute atomic E-state index is 13.1. The Labute approximate surface area is 144 Å². The lowest BCUT2D eigenvalue weighted by atomic mass is 9.93. The van der Waals surface area contributed by atoms with E-state index >= 15 is 0 Å². The van der Waals surface area contributed by atoms with Crippen LogP contribution < -0.4 is 0 Å². The standard InChI is InChI=1S/C17H20FN3O4/c18-13-3-1-12(2-4-13)17(25)7-8-20(11-17)16(24)14-5-6-15(23)21(19-14)9-10-22/h1-4,22,25H,5-11H2. The van der Waals surface area contributed by atoms with Crippen LogP contribution in [0.3, 0.4) is 0 Å². The molecule has 7 nitrogen and oxygen atoms in total. The second kappa shape index (κ2) is 6.89. The van der Waals surface area contributed by atoms with Crippen LogP contribution in [0.5, 0.6) is 0 Å². The Balaban J connectivity index is 1.73. The van der Waals surface area contributed by atoms with Crippen molar-refractivity contribution < 1.29 is 24.2 Å². The molecule has 1 fully saturated rings. The summed E-state index contributed by atoms with van der Waals surface area (Å²) in [5.41, 5.74) is -0.414. The van der Waals surface area contributed by atoms with Gasteiger partial charge in [0.2, 0.25) is 5.91 Å². The van der Waals surface area contributed by atoms with E-state index in [2.05, 4.69) is 5.10 Å². The van der Waals surface area contributed by atoms with E-state index in [9.17, 15) is 19.1 Å². The van der Waals surface area contributed by atoms with Gasteiger partial charge in [-0.25, -0.2) is 9.40 Å². The van der Waals surface area contributed by atoms with E-state index < -0.39 is 5.60 Å². The number of aliphatic hydroxyl groups is 2. The molecule has 0 saturated carbocycles. The SMILES string of the molecule is O=C(C1=NN(CCO)C(=O)CC1)N1CCC(O)(c2ccc(F)cc2)C1. The van der Waals surface area contributed by atoms with Crippen LogP contribution in [-0.4, -0.2) is 63.9 Å². The molecule has 25 heavy (non-hydrogen) atoms. The zero-order chi connectivity index (χ0) is 18.0. The van der Waals surface area contributed by atoms with Gasteiger partial charge in [-0.1, -0.05) is 12.1 Å². The summed E-state index contributed by atoms with van der Waals surface area (Å²) in [5.74, 6) is -0.938. The van der Waals surface area contributed by atoms with E-state index in [1.165, 1.54) is 29.2 Å². The molecule has 1 aromatic carbocycles. The zero-order valence-electron chi connectivity index (χ0n) is 13.7. The highest BCUT2D eigenvalue weighted by Gasteiger charge is 2.41. The molecule has 1 atom stereocenters. The zero-order valence-corrected chi connectivity index (χ0v) is 13.7. The minimum absolute atomic E-state index is 0.0507. The molecule has 2 heterocycles. The first-order valence-electron chi connectivity index (χ1n) is 8.19. The first-order chi connectivity index (χ1) is 11.9. The Morgan fingerprint density at radius 3 is 2.68 bits per heavy atom. The number of nitrogens with zero attached hydrogens (tertiary/aromatic N) is 3. The van der Waals surface area contributed by atoms with Gasteiger partial charge in [0.1, 0.15) is 17.1 Å². The number of amides is 2. The van der Waals surface area contributed by atoms with Gasteiger partial charge in [-0.3, -0.25) is 9.59 Å². The smallest absolute Gasteiger partial charge is 0.270 e. The molecule has 2 aliphatic heterocycles. The minimum atomic E-state index is -1.22. The van der Waals surface area contributed by atoms with Gasteiger partial charge in [-0.05, 0) is 24.1 Å². The van der Waals surface area contributed by atoms with Gasteiger partial charge in [0, 0.05) is 19.4 Å². The largest absolute Gasteiger partial charge is 0.394 e. The lowest BCUT2D eigenvalue weighted by molar-refractivity contribution is -0.132. The van der Waals surface area contributed by atoms with E-state index in [1.54, 1.807) is 0 Å². The van der Waals surface area contributed by atoms with Crippen LogP contribution in [0.2, 0.25) is 0 Å². The van der Waals surface area contributed by atoms with Crippen molar-refractivity contribution in [1.29, 1.82) is 0 Å². The third kappa shape index (κ3) is 3.54. The summed E-state index contributed by atoms with van der Waals surface area (Å²) in [4.78, 5) is 25.9. The number of β-amino-alcohol motifs (C(OH)–C–C–N with tert-alkyl or cyclic N) is 2. The number of benzene rings is 1. The molecule has 1 unspecified atom stereocenters. The van der Waals surface area contributed by atoms with Gasteiger partial charge in [-0.15, -0.1) is 0 Å². The Kier molecular flexibility index (Phi) is 4.82. The predicted octanol–water partition coefficient (Wildman–Crippen LogP) is 0.216. The minimum Gasteiger partial charge on any atom is -0.394 e. The molecule has 1 saturated heterocycles. The molecular weight excluding hydrogens is 329 g/mol. The van der Waals surface area contributed by atoms with Gasteiger partial charge in [0.15, 0.2) is 0 Å². The van der Waals surface area contributed by atoms with Crippen LogP contribution in [0, 0.1) is 5.82 Å². The number of carbonyl (C=O) groups is 2. The summed E-state index contributed by atoms with van der Waals surface area (Å²) < 4.78 is 13.1. The highest BCUT2D eigenvalue weighted by Crippen LogP contribution is 2.32. The van der Waals surface area contributed by atoms with Crippen molar-refractivity contribution in [2.24, 2.45) is 5.10 Å². The van der Waals surface area contributed by atoms with Crippen molar-refractivity contribution in [3.8, 4) is 0 Å². The monoisotopic (exact) mass is 349 g/mol. The Morgan fingerprint density at radius 2 is 2.00 bits per heavy atom. The topological polar surface area (TPSA) is 93.4 Å². The van der Waals surface area contributed by atoms with E-state index in [4.69, 9.17) is 5.11 Å². The average Bonchev–Trinajstić information content (AvgIpc) is 3.00. The molecule has 0 radical (unpaired) electrons. The molecule has 0 aliphatic carbocycles. The Bertz CT molecular complexity index is 706.